The van der Waals surface area contributed by atoms with Gasteiger partial charge in [0.15, 0.2) is 0 Å². The topological polar surface area (TPSA) is 106 Å². The number of nitrogens with one attached hydrogen (secondary N) is 2. The number of hydrogen-bond acceptors (Lipinski definition) is 6. The highest BCUT2D eigenvalue weighted by Gasteiger charge is 2.26. The lowest BCUT2D eigenvalue weighted by Gasteiger charge is -2.29. The summed E-state index contributed by atoms with van der Waals surface area (Å²) in [5.74, 6) is -0.797. The molecule has 5 rings (SSSR count). The molecule has 2 amide bonds. The van der Waals surface area contributed by atoms with Gasteiger partial charge in [0.05, 0.1) is 23.4 Å². The molecule has 0 bridgehead atoms. The largest absolute Gasteiger partial charge is 0.438 e. The maximum Gasteiger partial charge on any atom is 0.271 e. The van der Waals surface area contributed by atoms with Crippen LogP contribution in [0.2, 0.25) is 0 Å². The number of aromatic nitrogens is 3. The van der Waals surface area contributed by atoms with Crippen molar-refractivity contribution < 1.29 is 18.7 Å². The summed E-state index contributed by atoms with van der Waals surface area (Å²) < 4.78 is 20.7. The second-order valence-corrected chi connectivity index (χ2v) is 10.1. The van der Waals surface area contributed by atoms with Crippen molar-refractivity contribution in [1.29, 1.82) is 0 Å². The quantitative estimate of drug-likeness (QED) is 0.297. The number of ether oxygens (including phenoxy) is 1. The molecule has 0 saturated heterocycles. The van der Waals surface area contributed by atoms with Gasteiger partial charge >= 0.3 is 0 Å². The van der Waals surface area contributed by atoms with Crippen molar-refractivity contribution in [2.45, 2.75) is 37.8 Å². The number of hydrogen-bond donors (Lipinski definition) is 2. The van der Waals surface area contributed by atoms with E-state index in [-0.39, 0.29) is 35.1 Å². The lowest BCUT2D eigenvalue weighted by molar-refractivity contribution is 0.0887. The van der Waals surface area contributed by atoms with Crippen LogP contribution in [0.4, 0.5) is 4.39 Å². The average molecular weight is 611 g/mol. The molecule has 8 nitrogen and oxygen atoms in total. The van der Waals surface area contributed by atoms with Crippen molar-refractivity contribution in [3.8, 4) is 11.6 Å². The summed E-state index contributed by atoms with van der Waals surface area (Å²) in [4.78, 5) is 38.4. The van der Waals surface area contributed by atoms with Gasteiger partial charge in [-0.1, -0.05) is 18.2 Å². The summed E-state index contributed by atoms with van der Waals surface area (Å²) in [5.41, 5.74) is 1.70. The normalized spacial score (nSPS) is 17.2. The van der Waals surface area contributed by atoms with Gasteiger partial charge in [-0.3, -0.25) is 14.6 Å². The van der Waals surface area contributed by atoms with E-state index in [4.69, 9.17) is 4.74 Å². The monoisotopic (exact) mass is 611 g/mol. The van der Waals surface area contributed by atoms with E-state index in [0.717, 1.165) is 21.4 Å². The first-order valence-electron chi connectivity index (χ1n) is 11.9. The lowest BCUT2D eigenvalue weighted by atomic mass is 9.91. The number of pyridine rings is 1. The van der Waals surface area contributed by atoms with Crippen LogP contribution in [0.3, 0.4) is 0 Å². The number of carbonyl (C=O) groups excluding carboxylic acids is 2. The highest BCUT2D eigenvalue weighted by Crippen LogP contribution is 2.26. The molecular formula is C27H23FIN5O3. The Kier molecular flexibility index (Phi) is 7.54. The first kappa shape index (κ1) is 25.0. The Labute approximate surface area is 226 Å². The van der Waals surface area contributed by atoms with Crippen molar-refractivity contribution in [3.05, 3.63) is 87.6 Å². The van der Waals surface area contributed by atoms with E-state index in [1.807, 2.05) is 36.4 Å². The van der Waals surface area contributed by atoms with E-state index >= 15 is 0 Å². The van der Waals surface area contributed by atoms with E-state index in [1.165, 1.54) is 6.20 Å². The molecule has 1 aliphatic rings. The molecule has 1 saturated carbocycles. The Hall–Kier alpha value is -3.67. The molecule has 0 spiro atoms. The molecule has 2 aromatic carbocycles. The first-order chi connectivity index (χ1) is 17.9. The van der Waals surface area contributed by atoms with E-state index in [0.29, 0.717) is 36.9 Å². The molecule has 2 heterocycles. The summed E-state index contributed by atoms with van der Waals surface area (Å²) in [6.07, 6.45) is 5.20. The van der Waals surface area contributed by atoms with Gasteiger partial charge in [0.25, 0.3) is 11.8 Å². The molecule has 4 aromatic rings. The fraction of sp³-hybridized carbons (Fsp3) is 0.222. The number of nitrogens with zero attached hydrogens (tertiary/aromatic N) is 3. The van der Waals surface area contributed by atoms with E-state index in [1.54, 1.807) is 12.1 Å². The van der Waals surface area contributed by atoms with Crippen LogP contribution in [-0.4, -0.2) is 38.8 Å². The Morgan fingerprint density at radius 1 is 0.865 bits per heavy atom. The van der Waals surface area contributed by atoms with Crippen LogP contribution < -0.4 is 15.4 Å². The Balaban J connectivity index is 1.18. The Morgan fingerprint density at radius 2 is 1.57 bits per heavy atom. The van der Waals surface area contributed by atoms with Gasteiger partial charge in [-0.05, 0) is 84.7 Å². The predicted octanol–water partition coefficient (Wildman–Crippen LogP) is 5.03. The molecule has 1 aliphatic carbocycles. The Morgan fingerprint density at radius 3 is 2.30 bits per heavy atom. The van der Waals surface area contributed by atoms with Crippen LogP contribution in [0.5, 0.6) is 11.6 Å². The van der Waals surface area contributed by atoms with Gasteiger partial charge in [0, 0.05) is 15.7 Å². The zero-order valence-electron chi connectivity index (χ0n) is 19.7. The molecule has 10 heteroatoms. The molecule has 2 N–H and O–H groups in total. The van der Waals surface area contributed by atoms with Crippen molar-refractivity contribution in [2.24, 2.45) is 0 Å². The summed E-state index contributed by atoms with van der Waals surface area (Å²) >= 11 is 2.15. The second-order valence-electron chi connectivity index (χ2n) is 8.81. The van der Waals surface area contributed by atoms with Gasteiger partial charge < -0.3 is 15.4 Å². The summed E-state index contributed by atoms with van der Waals surface area (Å²) in [6, 6.07) is 15.6. The SMILES string of the molecule is O=C(N[C@H]1CC[C@H](NC(=O)c2cc(F)cnc2Oc2cccc(I)c2)CC1)c1cnc2ccccc2n1. The highest BCUT2D eigenvalue weighted by molar-refractivity contribution is 14.1. The van der Waals surface area contributed by atoms with Crippen LogP contribution in [0, 0.1) is 9.39 Å². The highest BCUT2D eigenvalue weighted by atomic mass is 127. The zero-order chi connectivity index (χ0) is 25.8. The van der Waals surface area contributed by atoms with Crippen LogP contribution in [0.15, 0.2) is 67.0 Å². The third-order valence-corrected chi connectivity index (χ3v) is 6.82. The van der Waals surface area contributed by atoms with Gasteiger partial charge in [0.1, 0.15) is 22.8 Å². The van der Waals surface area contributed by atoms with Crippen LogP contribution in [0.1, 0.15) is 46.5 Å². The van der Waals surface area contributed by atoms with Crippen LogP contribution in [0.25, 0.3) is 11.0 Å². The standard InChI is InChI=1S/C27H23FIN5O3/c28-16-12-21(27(31-14-16)37-20-5-3-4-17(29)13-20)25(35)32-18-8-10-19(11-9-18)33-26(36)24-15-30-22-6-1-2-7-23(22)34-24/h1-7,12-15,18-19H,8-11H2,(H,32,35)(H,33,36)/t18-,19-. The van der Waals surface area contributed by atoms with E-state index < -0.39 is 11.7 Å². The number of fused-ring (bicyclic) bond motifs is 1. The molecule has 1 fully saturated rings. The van der Waals surface area contributed by atoms with E-state index in [9.17, 15) is 14.0 Å². The van der Waals surface area contributed by atoms with Crippen LogP contribution in [-0.2, 0) is 0 Å². The number of benzene rings is 2. The zero-order valence-corrected chi connectivity index (χ0v) is 21.8. The molecule has 0 radical (unpaired) electrons. The number of para-hydroxylation sites is 2. The second kappa shape index (κ2) is 11.2. The maximum atomic E-state index is 13.9. The predicted molar refractivity (Wildman–Crippen MR) is 144 cm³/mol. The van der Waals surface area contributed by atoms with Crippen molar-refractivity contribution in [3.63, 3.8) is 0 Å². The fourth-order valence-corrected chi connectivity index (χ4v) is 4.80. The lowest BCUT2D eigenvalue weighted by Crippen LogP contribution is -2.44. The summed E-state index contributed by atoms with van der Waals surface area (Å²) in [6.45, 7) is 0. The molecule has 0 aliphatic heterocycles. The summed E-state index contributed by atoms with van der Waals surface area (Å²) in [7, 11) is 0. The summed E-state index contributed by atoms with van der Waals surface area (Å²) in [5, 5.41) is 5.98. The fourth-order valence-electron chi connectivity index (χ4n) is 4.28. The third-order valence-electron chi connectivity index (χ3n) is 6.15. The van der Waals surface area contributed by atoms with Gasteiger partial charge in [-0.25, -0.2) is 14.4 Å². The van der Waals surface area contributed by atoms with Crippen molar-refractivity contribution in [2.75, 3.05) is 0 Å². The van der Waals surface area contributed by atoms with Gasteiger partial charge in [-0.2, -0.15) is 0 Å². The van der Waals surface area contributed by atoms with Crippen LogP contribution >= 0.6 is 22.6 Å². The smallest absolute Gasteiger partial charge is 0.271 e. The van der Waals surface area contributed by atoms with Crippen molar-refractivity contribution in [1.82, 2.24) is 25.6 Å². The molecule has 2 aromatic heterocycles. The van der Waals surface area contributed by atoms with Crippen molar-refractivity contribution >= 4 is 45.4 Å². The third kappa shape index (κ3) is 6.19. The molecule has 0 unspecified atom stereocenters. The maximum absolute atomic E-state index is 13.9. The average Bonchev–Trinajstić information content (AvgIpc) is 2.90. The number of rotatable bonds is 6. The number of amides is 2. The van der Waals surface area contributed by atoms with E-state index in [2.05, 4.69) is 48.2 Å². The molecular weight excluding hydrogens is 588 g/mol. The Bertz CT molecular complexity index is 1460. The number of halogens is 2. The van der Waals surface area contributed by atoms with Gasteiger partial charge in [-0.15, -0.1) is 0 Å². The molecule has 0 atom stereocenters. The molecule has 188 valence electrons. The minimum absolute atomic E-state index is 0.0316. The minimum Gasteiger partial charge on any atom is -0.438 e. The molecule has 37 heavy (non-hydrogen) atoms. The van der Waals surface area contributed by atoms with Gasteiger partial charge in [0.2, 0.25) is 5.88 Å². The first-order valence-corrected chi connectivity index (χ1v) is 12.9. The minimum atomic E-state index is -0.622. The number of carbonyl (C=O) groups is 2.